The van der Waals surface area contributed by atoms with Crippen LogP contribution >= 0.6 is 11.3 Å². The number of halogens is 3. The van der Waals surface area contributed by atoms with Crippen molar-refractivity contribution >= 4 is 32.6 Å². The number of likely N-dealkylation sites (N-methyl/N-ethyl adjacent to an activating group) is 1. The van der Waals surface area contributed by atoms with Gasteiger partial charge in [-0.1, -0.05) is 11.3 Å². The number of ether oxygens (including phenoxy) is 1. The van der Waals surface area contributed by atoms with Gasteiger partial charge in [-0.2, -0.15) is 13.2 Å². The molecule has 0 N–H and O–H groups in total. The second-order valence-electron chi connectivity index (χ2n) is 6.89. The van der Waals surface area contributed by atoms with E-state index in [0.29, 0.717) is 30.6 Å². The quantitative estimate of drug-likeness (QED) is 0.526. The maximum Gasteiger partial charge on any atom is 0.416 e. The molecule has 3 aromatic rings. The Kier molecular flexibility index (Phi) is 6.62. The average molecular weight is 437 g/mol. The van der Waals surface area contributed by atoms with Gasteiger partial charge in [0.1, 0.15) is 5.75 Å². The van der Waals surface area contributed by atoms with Gasteiger partial charge in [0.15, 0.2) is 5.13 Å². The summed E-state index contributed by atoms with van der Waals surface area (Å²) in [6.07, 6.45) is -4.45. The van der Waals surface area contributed by atoms with Gasteiger partial charge in [0.05, 0.1) is 22.4 Å². The van der Waals surface area contributed by atoms with Crippen molar-refractivity contribution in [3.63, 3.8) is 0 Å². The molecule has 0 saturated heterocycles. The highest BCUT2D eigenvalue weighted by Crippen LogP contribution is 2.33. The van der Waals surface area contributed by atoms with Crippen molar-refractivity contribution in [1.82, 2.24) is 9.88 Å². The third-order valence-corrected chi connectivity index (χ3v) is 5.41. The highest BCUT2D eigenvalue weighted by molar-refractivity contribution is 7.22. The van der Waals surface area contributed by atoms with Crippen LogP contribution < -0.4 is 9.64 Å². The number of fused-ring (bicyclic) bond motifs is 1. The number of hydrogen-bond donors (Lipinski definition) is 0. The first-order valence-electron chi connectivity index (χ1n) is 9.36. The summed E-state index contributed by atoms with van der Waals surface area (Å²) in [7, 11) is 3.76. The van der Waals surface area contributed by atoms with Gasteiger partial charge in [-0.25, -0.2) is 4.98 Å². The van der Waals surface area contributed by atoms with Crippen LogP contribution in [0.15, 0.2) is 42.5 Å². The lowest BCUT2D eigenvalue weighted by Gasteiger charge is -2.22. The van der Waals surface area contributed by atoms with Crippen LogP contribution in [0.3, 0.4) is 0 Å². The molecule has 0 spiro atoms. The summed E-state index contributed by atoms with van der Waals surface area (Å²) in [5.74, 6) is 0.323. The normalized spacial score (nSPS) is 11.8. The molecule has 0 aliphatic carbocycles. The van der Waals surface area contributed by atoms with E-state index in [1.165, 1.54) is 28.4 Å². The van der Waals surface area contributed by atoms with Gasteiger partial charge in [0, 0.05) is 18.7 Å². The fourth-order valence-electron chi connectivity index (χ4n) is 2.81. The standard InChI is InChI=1S/C21H22F3N3O2S/c1-4-29-16-9-10-17-18(13-16)30-20(25-17)27(12-11-26(2)3)19(28)14-5-7-15(8-6-14)21(22,23)24/h5-10,13H,4,11-12H2,1-3H3. The zero-order chi connectivity index (χ0) is 21.9. The molecular weight excluding hydrogens is 415 g/mol. The van der Waals surface area contributed by atoms with Crippen LogP contribution in [-0.2, 0) is 6.18 Å². The average Bonchev–Trinajstić information content (AvgIpc) is 3.10. The van der Waals surface area contributed by atoms with Gasteiger partial charge in [-0.05, 0) is 63.5 Å². The molecular formula is C21H22F3N3O2S. The molecule has 1 amide bonds. The monoisotopic (exact) mass is 437 g/mol. The number of anilines is 1. The zero-order valence-corrected chi connectivity index (χ0v) is 17.7. The number of carbonyl (C=O) groups excluding carboxylic acids is 1. The smallest absolute Gasteiger partial charge is 0.416 e. The first-order chi connectivity index (χ1) is 14.2. The summed E-state index contributed by atoms with van der Waals surface area (Å²) in [6, 6.07) is 9.76. The second kappa shape index (κ2) is 9.01. The number of nitrogens with zero attached hydrogens (tertiary/aromatic N) is 3. The number of hydrogen-bond acceptors (Lipinski definition) is 5. The fourth-order valence-corrected chi connectivity index (χ4v) is 3.82. The molecule has 0 radical (unpaired) electrons. The van der Waals surface area contributed by atoms with Crippen molar-refractivity contribution in [2.24, 2.45) is 0 Å². The van der Waals surface area contributed by atoms with E-state index in [2.05, 4.69) is 4.98 Å². The molecule has 1 heterocycles. The van der Waals surface area contributed by atoms with E-state index in [9.17, 15) is 18.0 Å². The van der Waals surface area contributed by atoms with Crippen molar-refractivity contribution in [1.29, 1.82) is 0 Å². The van der Waals surface area contributed by atoms with Gasteiger partial charge < -0.3 is 9.64 Å². The van der Waals surface area contributed by atoms with Crippen LogP contribution in [0.5, 0.6) is 5.75 Å². The number of aromatic nitrogens is 1. The first kappa shape index (κ1) is 22.0. The molecule has 30 heavy (non-hydrogen) atoms. The Balaban J connectivity index is 1.94. The number of amides is 1. The first-order valence-corrected chi connectivity index (χ1v) is 10.2. The third kappa shape index (κ3) is 5.09. The molecule has 1 aromatic heterocycles. The van der Waals surface area contributed by atoms with Gasteiger partial charge in [0.2, 0.25) is 0 Å². The molecule has 0 bridgehead atoms. The van der Waals surface area contributed by atoms with E-state index in [4.69, 9.17) is 4.74 Å². The van der Waals surface area contributed by atoms with Crippen molar-refractivity contribution in [3.8, 4) is 5.75 Å². The number of alkyl halides is 3. The SMILES string of the molecule is CCOc1ccc2nc(N(CCN(C)C)C(=O)c3ccc(C(F)(F)F)cc3)sc2c1. The van der Waals surface area contributed by atoms with Crippen molar-refractivity contribution in [3.05, 3.63) is 53.6 Å². The topological polar surface area (TPSA) is 45.7 Å². The van der Waals surface area contributed by atoms with E-state index in [1.54, 1.807) is 0 Å². The molecule has 3 rings (SSSR count). The Morgan fingerprint density at radius 2 is 1.80 bits per heavy atom. The molecule has 5 nitrogen and oxygen atoms in total. The summed E-state index contributed by atoms with van der Waals surface area (Å²) in [4.78, 5) is 21.1. The largest absolute Gasteiger partial charge is 0.494 e. The van der Waals surface area contributed by atoms with E-state index in [-0.39, 0.29) is 5.56 Å². The zero-order valence-electron chi connectivity index (χ0n) is 16.9. The summed E-state index contributed by atoms with van der Waals surface area (Å²) in [6.45, 7) is 3.37. The molecule has 0 unspecified atom stereocenters. The maximum absolute atomic E-state index is 13.1. The Morgan fingerprint density at radius 1 is 1.10 bits per heavy atom. The van der Waals surface area contributed by atoms with Gasteiger partial charge in [0.25, 0.3) is 5.91 Å². The summed E-state index contributed by atoms with van der Waals surface area (Å²) in [5.41, 5.74) is 0.117. The molecule has 0 aliphatic rings. The summed E-state index contributed by atoms with van der Waals surface area (Å²) in [5, 5.41) is 0.491. The predicted octanol–water partition coefficient (Wildman–Crippen LogP) is 4.92. The van der Waals surface area contributed by atoms with E-state index in [1.807, 2.05) is 44.1 Å². The Hall–Kier alpha value is -2.65. The van der Waals surface area contributed by atoms with Gasteiger partial charge in [-0.3, -0.25) is 9.69 Å². The third-order valence-electron chi connectivity index (χ3n) is 4.37. The lowest BCUT2D eigenvalue weighted by atomic mass is 10.1. The van der Waals surface area contributed by atoms with Crippen molar-refractivity contribution < 1.29 is 22.7 Å². The number of rotatable bonds is 7. The van der Waals surface area contributed by atoms with Gasteiger partial charge in [-0.15, -0.1) is 0 Å². The second-order valence-corrected chi connectivity index (χ2v) is 7.90. The summed E-state index contributed by atoms with van der Waals surface area (Å²) < 4.78 is 44.9. The van der Waals surface area contributed by atoms with E-state index >= 15 is 0 Å². The molecule has 160 valence electrons. The van der Waals surface area contributed by atoms with Crippen LogP contribution in [0.4, 0.5) is 18.3 Å². The lowest BCUT2D eigenvalue weighted by Crippen LogP contribution is -2.36. The highest BCUT2D eigenvalue weighted by atomic mass is 32.1. The van der Waals surface area contributed by atoms with Crippen LogP contribution in [0, 0.1) is 0 Å². The number of carbonyl (C=O) groups is 1. The Labute approximate surface area is 176 Å². The molecule has 0 saturated carbocycles. The van der Waals surface area contributed by atoms with Crippen LogP contribution in [0.1, 0.15) is 22.8 Å². The molecule has 0 atom stereocenters. The Bertz CT molecular complexity index is 1020. The van der Waals surface area contributed by atoms with Crippen LogP contribution in [0.2, 0.25) is 0 Å². The minimum absolute atomic E-state index is 0.177. The van der Waals surface area contributed by atoms with Crippen molar-refractivity contribution in [2.75, 3.05) is 38.7 Å². The molecule has 9 heteroatoms. The van der Waals surface area contributed by atoms with E-state index < -0.39 is 17.6 Å². The van der Waals surface area contributed by atoms with Gasteiger partial charge >= 0.3 is 6.18 Å². The minimum atomic E-state index is -4.45. The molecule has 0 aliphatic heterocycles. The fraction of sp³-hybridized carbons (Fsp3) is 0.333. The summed E-state index contributed by atoms with van der Waals surface area (Å²) >= 11 is 1.34. The molecule has 2 aromatic carbocycles. The van der Waals surface area contributed by atoms with Crippen molar-refractivity contribution in [2.45, 2.75) is 13.1 Å². The van der Waals surface area contributed by atoms with E-state index in [0.717, 1.165) is 22.3 Å². The number of thiazole rings is 1. The Morgan fingerprint density at radius 3 is 2.40 bits per heavy atom. The molecule has 0 fully saturated rings. The number of benzene rings is 2. The maximum atomic E-state index is 13.1. The minimum Gasteiger partial charge on any atom is -0.494 e. The van der Waals surface area contributed by atoms with Crippen LogP contribution in [-0.4, -0.2) is 49.6 Å². The lowest BCUT2D eigenvalue weighted by molar-refractivity contribution is -0.137. The highest BCUT2D eigenvalue weighted by Gasteiger charge is 2.30. The predicted molar refractivity (Wildman–Crippen MR) is 112 cm³/mol. The van der Waals surface area contributed by atoms with Crippen LogP contribution in [0.25, 0.3) is 10.2 Å².